The van der Waals surface area contributed by atoms with E-state index in [1.54, 1.807) is 0 Å². The largest absolute Gasteiger partial charge is 0.396 e. The van der Waals surface area contributed by atoms with Gasteiger partial charge in [0, 0.05) is 32.2 Å². The van der Waals surface area contributed by atoms with Gasteiger partial charge in [0.25, 0.3) is 0 Å². The molecule has 0 aromatic carbocycles. The molecule has 3 nitrogen and oxygen atoms in total. The molecule has 3 heteroatoms. The number of hydrogen-bond acceptors (Lipinski definition) is 3. The van der Waals surface area contributed by atoms with Crippen molar-refractivity contribution in [2.24, 2.45) is 5.92 Å². The van der Waals surface area contributed by atoms with Crippen LogP contribution in [0.4, 0.5) is 0 Å². The van der Waals surface area contributed by atoms with Crippen molar-refractivity contribution in [2.45, 2.75) is 56.7 Å². The van der Waals surface area contributed by atoms with Crippen molar-refractivity contribution in [2.75, 3.05) is 26.2 Å². The lowest BCUT2D eigenvalue weighted by molar-refractivity contribution is -0.0827. The summed E-state index contributed by atoms with van der Waals surface area (Å²) in [6.45, 7) is 3.59. The minimum absolute atomic E-state index is 0.268. The molecule has 0 amide bonds. The van der Waals surface area contributed by atoms with E-state index < -0.39 is 0 Å². The Labute approximate surface area is 104 Å². The summed E-state index contributed by atoms with van der Waals surface area (Å²) in [5.41, 5.74) is 0.268. The van der Waals surface area contributed by atoms with Crippen LogP contribution in [0.25, 0.3) is 0 Å². The summed E-state index contributed by atoms with van der Waals surface area (Å²) in [7, 11) is 0. The predicted molar refractivity (Wildman–Crippen MR) is 66.9 cm³/mol. The van der Waals surface area contributed by atoms with E-state index in [9.17, 15) is 0 Å². The van der Waals surface area contributed by atoms with Gasteiger partial charge in [-0.3, -0.25) is 4.90 Å². The van der Waals surface area contributed by atoms with Crippen molar-refractivity contribution in [1.82, 2.24) is 4.90 Å². The van der Waals surface area contributed by atoms with E-state index in [1.807, 2.05) is 0 Å². The summed E-state index contributed by atoms with van der Waals surface area (Å²) < 4.78 is 6.36. The van der Waals surface area contributed by atoms with Gasteiger partial charge in [-0.25, -0.2) is 0 Å². The summed E-state index contributed by atoms with van der Waals surface area (Å²) in [5.74, 6) is 0.528. The Balaban J connectivity index is 1.44. The number of rotatable bonds is 3. The highest BCUT2D eigenvalue weighted by Crippen LogP contribution is 2.42. The van der Waals surface area contributed by atoms with Gasteiger partial charge in [0.1, 0.15) is 0 Å². The van der Waals surface area contributed by atoms with Crippen LogP contribution in [-0.2, 0) is 4.74 Å². The summed E-state index contributed by atoms with van der Waals surface area (Å²) >= 11 is 0. The first-order valence-corrected chi connectivity index (χ1v) is 7.31. The van der Waals surface area contributed by atoms with Crippen LogP contribution in [0.3, 0.4) is 0 Å². The van der Waals surface area contributed by atoms with Crippen molar-refractivity contribution >= 4 is 0 Å². The van der Waals surface area contributed by atoms with Gasteiger partial charge in [-0.05, 0) is 25.7 Å². The average molecular weight is 239 g/mol. The second-order valence-corrected chi connectivity index (χ2v) is 6.29. The molecule has 1 atom stereocenters. The highest BCUT2D eigenvalue weighted by Gasteiger charge is 2.42. The van der Waals surface area contributed by atoms with E-state index in [0.29, 0.717) is 18.6 Å². The molecule has 1 spiro atoms. The number of hydrogen-bond donors (Lipinski definition) is 1. The Morgan fingerprint density at radius 1 is 1.12 bits per heavy atom. The molecule has 1 N–H and O–H groups in total. The Kier molecular flexibility index (Phi) is 3.42. The smallest absolute Gasteiger partial charge is 0.0710 e. The molecule has 98 valence electrons. The number of aliphatic hydroxyl groups is 1. The minimum atomic E-state index is 0.268. The second kappa shape index (κ2) is 4.87. The first-order valence-electron chi connectivity index (χ1n) is 7.31. The van der Waals surface area contributed by atoms with Crippen LogP contribution in [0.5, 0.6) is 0 Å². The zero-order valence-electron chi connectivity index (χ0n) is 10.7. The predicted octanol–water partition coefficient (Wildman–Crippen LogP) is 1.79. The van der Waals surface area contributed by atoms with Crippen molar-refractivity contribution < 1.29 is 9.84 Å². The highest BCUT2D eigenvalue weighted by atomic mass is 16.5. The minimum Gasteiger partial charge on any atom is -0.396 e. The van der Waals surface area contributed by atoms with Gasteiger partial charge in [0.15, 0.2) is 0 Å². The van der Waals surface area contributed by atoms with Crippen LogP contribution in [0.1, 0.15) is 44.9 Å². The topological polar surface area (TPSA) is 32.7 Å². The third-order valence-corrected chi connectivity index (χ3v) is 4.86. The van der Waals surface area contributed by atoms with Gasteiger partial charge < -0.3 is 9.84 Å². The van der Waals surface area contributed by atoms with E-state index in [0.717, 1.165) is 19.6 Å². The van der Waals surface area contributed by atoms with Crippen LogP contribution in [0.2, 0.25) is 0 Å². The number of aliphatic hydroxyl groups excluding tert-OH is 1. The Bertz CT molecular complexity index is 257. The third kappa shape index (κ3) is 2.51. The molecule has 1 unspecified atom stereocenters. The molecular weight excluding hydrogens is 214 g/mol. The molecular formula is C14H25NO2. The van der Waals surface area contributed by atoms with Gasteiger partial charge in [-0.1, -0.05) is 19.3 Å². The molecule has 0 aromatic rings. The Hall–Kier alpha value is -0.120. The lowest BCUT2D eigenvalue weighted by Gasteiger charge is -2.40. The average Bonchev–Trinajstić information content (AvgIpc) is 2.67. The van der Waals surface area contributed by atoms with Crippen LogP contribution < -0.4 is 0 Å². The lowest BCUT2D eigenvalue weighted by Crippen LogP contribution is -2.51. The van der Waals surface area contributed by atoms with Crippen LogP contribution in [0.15, 0.2) is 0 Å². The summed E-state index contributed by atoms with van der Waals surface area (Å²) in [6.07, 6.45) is 9.72. The Morgan fingerprint density at radius 3 is 2.59 bits per heavy atom. The summed E-state index contributed by atoms with van der Waals surface area (Å²) in [6, 6.07) is 0. The van der Waals surface area contributed by atoms with Crippen molar-refractivity contribution in [3.8, 4) is 0 Å². The molecule has 17 heavy (non-hydrogen) atoms. The van der Waals surface area contributed by atoms with E-state index >= 15 is 0 Å². The molecule has 3 aliphatic rings. The molecule has 1 aliphatic carbocycles. The van der Waals surface area contributed by atoms with E-state index in [2.05, 4.69) is 4.90 Å². The monoisotopic (exact) mass is 239 g/mol. The number of ether oxygens (including phenoxy) is 1. The fourth-order valence-electron chi connectivity index (χ4n) is 3.82. The van der Waals surface area contributed by atoms with Gasteiger partial charge >= 0.3 is 0 Å². The molecule has 2 aliphatic heterocycles. The zero-order valence-corrected chi connectivity index (χ0v) is 10.7. The van der Waals surface area contributed by atoms with E-state index in [4.69, 9.17) is 9.84 Å². The maximum atomic E-state index is 9.01. The summed E-state index contributed by atoms with van der Waals surface area (Å²) in [5, 5.41) is 9.01. The molecule has 0 bridgehead atoms. The normalized spacial score (nSPS) is 34.1. The van der Waals surface area contributed by atoms with Gasteiger partial charge in [-0.15, -0.1) is 0 Å². The zero-order chi connectivity index (χ0) is 11.7. The van der Waals surface area contributed by atoms with Crippen molar-refractivity contribution in [3.05, 3.63) is 0 Å². The highest BCUT2D eigenvalue weighted by molar-refractivity contribution is 4.93. The standard InChI is InChI=1S/C14H25NO2/c16-11-12-8-15(9-12)10-13-4-7-14(17-13)5-2-1-3-6-14/h12-13,16H,1-11H2. The van der Waals surface area contributed by atoms with E-state index in [-0.39, 0.29) is 5.60 Å². The van der Waals surface area contributed by atoms with Crippen molar-refractivity contribution in [1.29, 1.82) is 0 Å². The first kappa shape index (κ1) is 11.9. The third-order valence-electron chi connectivity index (χ3n) is 4.86. The maximum absolute atomic E-state index is 9.01. The van der Waals surface area contributed by atoms with Gasteiger partial charge in [0.2, 0.25) is 0 Å². The summed E-state index contributed by atoms with van der Waals surface area (Å²) in [4.78, 5) is 2.44. The fourth-order valence-corrected chi connectivity index (χ4v) is 3.82. The molecule has 0 radical (unpaired) electrons. The SMILES string of the molecule is OCC1CN(CC2CCC3(CCCCC3)O2)C1. The van der Waals surface area contributed by atoms with Crippen molar-refractivity contribution in [3.63, 3.8) is 0 Å². The molecule has 2 saturated heterocycles. The second-order valence-electron chi connectivity index (χ2n) is 6.29. The van der Waals surface area contributed by atoms with Crippen LogP contribution in [0, 0.1) is 5.92 Å². The number of likely N-dealkylation sites (tertiary alicyclic amines) is 1. The quantitative estimate of drug-likeness (QED) is 0.815. The maximum Gasteiger partial charge on any atom is 0.0710 e. The van der Waals surface area contributed by atoms with Gasteiger partial charge in [0.05, 0.1) is 11.7 Å². The van der Waals surface area contributed by atoms with Crippen LogP contribution in [-0.4, -0.2) is 48.0 Å². The molecule has 3 rings (SSSR count). The van der Waals surface area contributed by atoms with E-state index in [1.165, 1.54) is 44.9 Å². The lowest BCUT2D eigenvalue weighted by atomic mass is 9.83. The number of nitrogens with zero attached hydrogens (tertiary/aromatic N) is 1. The molecule has 0 aromatic heterocycles. The van der Waals surface area contributed by atoms with Crippen LogP contribution >= 0.6 is 0 Å². The Morgan fingerprint density at radius 2 is 1.88 bits per heavy atom. The first-order chi connectivity index (χ1) is 8.30. The fraction of sp³-hybridized carbons (Fsp3) is 1.00. The molecule has 3 fully saturated rings. The molecule has 2 heterocycles. The van der Waals surface area contributed by atoms with Gasteiger partial charge in [-0.2, -0.15) is 0 Å². The molecule has 1 saturated carbocycles.